The Hall–Kier alpha value is -2.39. The molecule has 150 valence electrons. The lowest BCUT2D eigenvalue weighted by atomic mass is 10.2. The average Bonchev–Trinajstić information content (AvgIpc) is 3.27. The summed E-state index contributed by atoms with van der Waals surface area (Å²) in [6.07, 6.45) is 0.470. The maximum atomic E-state index is 14.2. The molecule has 1 aliphatic heterocycles. The summed E-state index contributed by atoms with van der Waals surface area (Å²) in [5, 5.41) is 1.82. The summed E-state index contributed by atoms with van der Waals surface area (Å²) >= 11 is 0. The van der Waals surface area contributed by atoms with E-state index in [1.807, 2.05) is 84.9 Å². The van der Waals surface area contributed by atoms with Crippen LogP contribution in [0.3, 0.4) is 0 Å². The normalized spacial score (nSPS) is 17.3. The van der Waals surface area contributed by atoms with Crippen LogP contribution in [0.4, 0.5) is 0 Å². The van der Waals surface area contributed by atoms with Crippen molar-refractivity contribution in [2.24, 2.45) is 0 Å². The number of hydrogen-bond donors (Lipinski definition) is 0. The standard InChI is InChI=1S/C24H26NO3P/c1-27-21-14-12-20(13-15-21)24-25(16-18-28-24)17-19-29(26,22-8-4-2-5-9-22)23-10-6-3-7-11-23/h2-15,24H,16-19H2,1H3/t24-/m0/s1. The molecule has 1 aliphatic rings. The monoisotopic (exact) mass is 407 g/mol. The SMILES string of the molecule is COc1ccc([C@@H]2OCCN2CCP(=O)(c2ccccc2)c2ccccc2)cc1. The summed E-state index contributed by atoms with van der Waals surface area (Å²) in [6.45, 7) is 2.22. The topological polar surface area (TPSA) is 38.8 Å². The van der Waals surface area contributed by atoms with Crippen molar-refractivity contribution in [3.8, 4) is 5.75 Å². The maximum absolute atomic E-state index is 14.2. The molecule has 29 heavy (non-hydrogen) atoms. The first-order valence-corrected chi connectivity index (χ1v) is 11.8. The zero-order chi connectivity index (χ0) is 20.1. The number of methoxy groups -OCH3 is 1. The second-order valence-corrected chi connectivity index (χ2v) is 10.1. The van der Waals surface area contributed by atoms with Crippen LogP contribution in [0.1, 0.15) is 11.8 Å². The van der Waals surface area contributed by atoms with Crippen molar-refractivity contribution in [1.82, 2.24) is 4.90 Å². The van der Waals surface area contributed by atoms with Gasteiger partial charge in [-0.25, -0.2) is 0 Å². The lowest BCUT2D eigenvalue weighted by Gasteiger charge is -2.26. The first-order chi connectivity index (χ1) is 14.2. The second kappa shape index (κ2) is 8.96. The lowest BCUT2D eigenvalue weighted by Crippen LogP contribution is -2.30. The summed E-state index contributed by atoms with van der Waals surface area (Å²) in [5.74, 6) is 0.830. The van der Waals surface area contributed by atoms with Crippen molar-refractivity contribution >= 4 is 17.8 Å². The van der Waals surface area contributed by atoms with Crippen LogP contribution in [0.2, 0.25) is 0 Å². The molecule has 1 atom stereocenters. The summed E-state index contributed by atoms with van der Waals surface area (Å²) in [6, 6.07) is 27.7. The summed E-state index contributed by atoms with van der Waals surface area (Å²) < 4.78 is 25.5. The van der Waals surface area contributed by atoms with E-state index < -0.39 is 7.14 Å². The van der Waals surface area contributed by atoms with Gasteiger partial charge in [0.2, 0.25) is 0 Å². The van der Waals surface area contributed by atoms with Gasteiger partial charge >= 0.3 is 0 Å². The molecule has 5 heteroatoms. The Bertz CT molecular complexity index is 917. The molecule has 1 heterocycles. The minimum absolute atomic E-state index is 0.110. The van der Waals surface area contributed by atoms with Gasteiger partial charge in [0.05, 0.1) is 13.7 Å². The average molecular weight is 407 g/mol. The molecule has 1 fully saturated rings. The third kappa shape index (κ3) is 4.30. The molecule has 3 aromatic rings. The Morgan fingerprint density at radius 3 is 2.07 bits per heavy atom. The van der Waals surface area contributed by atoms with Crippen molar-refractivity contribution in [1.29, 1.82) is 0 Å². The number of rotatable bonds is 7. The van der Waals surface area contributed by atoms with Gasteiger partial charge < -0.3 is 14.0 Å². The van der Waals surface area contributed by atoms with Crippen LogP contribution >= 0.6 is 7.14 Å². The second-order valence-electron chi connectivity index (χ2n) is 7.17. The van der Waals surface area contributed by atoms with Crippen molar-refractivity contribution in [2.75, 3.05) is 33.0 Å². The minimum Gasteiger partial charge on any atom is -0.497 e. The number of nitrogens with zero attached hydrogens (tertiary/aromatic N) is 1. The van der Waals surface area contributed by atoms with E-state index in [9.17, 15) is 4.57 Å². The minimum atomic E-state index is -2.72. The highest BCUT2D eigenvalue weighted by atomic mass is 31.2. The smallest absolute Gasteiger partial charge is 0.144 e. The molecule has 0 aliphatic carbocycles. The fourth-order valence-electron chi connectivity index (χ4n) is 3.82. The molecular weight excluding hydrogens is 381 g/mol. The fourth-order valence-corrected chi connectivity index (χ4v) is 6.48. The van der Waals surface area contributed by atoms with Gasteiger partial charge in [-0.3, -0.25) is 4.90 Å². The van der Waals surface area contributed by atoms with E-state index >= 15 is 0 Å². The van der Waals surface area contributed by atoms with Gasteiger partial charge in [0.15, 0.2) is 0 Å². The van der Waals surface area contributed by atoms with Crippen LogP contribution in [-0.2, 0) is 9.30 Å². The highest BCUT2D eigenvalue weighted by molar-refractivity contribution is 7.78. The van der Waals surface area contributed by atoms with Crippen LogP contribution in [0, 0.1) is 0 Å². The van der Waals surface area contributed by atoms with E-state index in [1.54, 1.807) is 7.11 Å². The van der Waals surface area contributed by atoms with Crippen molar-refractivity contribution in [2.45, 2.75) is 6.23 Å². The van der Waals surface area contributed by atoms with Gasteiger partial charge in [-0.1, -0.05) is 72.8 Å². The lowest BCUT2D eigenvalue weighted by molar-refractivity contribution is 0.0356. The van der Waals surface area contributed by atoms with E-state index in [4.69, 9.17) is 9.47 Å². The molecule has 0 radical (unpaired) electrons. The zero-order valence-electron chi connectivity index (χ0n) is 16.6. The van der Waals surface area contributed by atoms with Gasteiger partial charge in [-0.05, 0) is 17.7 Å². The van der Waals surface area contributed by atoms with Crippen LogP contribution in [0.25, 0.3) is 0 Å². The van der Waals surface area contributed by atoms with Crippen molar-refractivity contribution < 1.29 is 14.0 Å². The predicted molar refractivity (Wildman–Crippen MR) is 118 cm³/mol. The van der Waals surface area contributed by atoms with E-state index in [2.05, 4.69) is 4.90 Å². The molecule has 1 saturated heterocycles. The van der Waals surface area contributed by atoms with Crippen molar-refractivity contribution in [3.05, 3.63) is 90.5 Å². The van der Waals surface area contributed by atoms with E-state index in [-0.39, 0.29) is 6.23 Å². The summed E-state index contributed by atoms with van der Waals surface area (Å²) in [5.41, 5.74) is 1.09. The quantitative estimate of drug-likeness (QED) is 0.554. The van der Waals surface area contributed by atoms with E-state index in [0.717, 1.165) is 28.5 Å². The van der Waals surface area contributed by atoms with Crippen LogP contribution in [0.5, 0.6) is 5.75 Å². The van der Waals surface area contributed by atoms with E-state index in [1.165, 1.54) is 0 Å². The Morgan fingerprint density at radius 2 is 1.52 bits per heavy atom. The van der Waals surface area contributed by atoms with Gasteiger partial charge in [0, 0.05) is 29.9 Å². The summed E-state index contributed by atoms with van der Waals surface area (Å²) in [4.78, 5) is 2.28. The predicted octanol–water partition coefficient (Wildman–Crippen LogP) is 4.04. The largest absolute Gasteiger partial charge is 0.497 e. The fraction of sp³-hybridized carbons (Fsp3) is 0.250. The Labute approximate surface area is 172 Å². The molecule has 0 aromatic heterocycles. The van der Waals surface area contributed by atoms with Gasteiger partial charge in [0.1, 0.15) is 19.1 Å². The Morgan fingerprint density at radius 1 is 0.931 bits per heavy atom. The Kier molecular flexibility index (Phi) is 6.15. The first-order valence-electron chi connectivity index (χ1n) is 9.90. The third-order valence-corrected chi connectivity index (χ3v) is 8.53. The van der Waals surface area contributed by atoms with Gasteiger partial charge in [-0.2, -0.15) is 0 Å². The Balaban J connectivity index is 1.56. The number of benzene rings is 3. The molecule has 0 unspecified atom stereocenters. The maximum Gasteiger partial charge on any atom is 0.144 e. The first kappa shape index (κ1) is 19.9. The molecule has 0 N–H and O–H groups in total. The molecular formula is C24H26NO3P. The third-order valence-electron chi connectivity index (χ3n) is 5.44. The molecule has 4 nitrogen and oxygen atoms in total. The van der Waals surface area contributed by atoms with Crippen LogP contribution < -0.4 is 15.3 Å². The van der Waals surface area contributed by atoms with E-state index in [0.29, 0.717) is 19.3 Å². The van der Waals surface area contributed by atoms with Crippen LogP contribution in [-0.4, -0.2) is 37.9 Å². The molecule has 4 rings (SSSR count). The number of ether oxygens (including phenoxy) is 2. The van der Waals surface area contributed by atoms with Crippen molar-refractivity contribution in [3.63, 3.8) is 0 Å². The highest BCUT2D eigenvalue weighted by Crippen LogP contribution is 2.43. The highest BCUT2D eigenvalue weighted by Gasteiger charge is 2.32. The van der Waals surface area contributed by atoms with Crippen LogP contribution in [0.15, 0.2) is 84.9 Å². The van der Waals surface area contributed by atoms with Gasteiger partial charge in [0.25, 0.3) is 0 Å². The summed E-state index contributed by atoms with van der Waals surface area (Å²) in [7, 11) is -1.06. The molecule has 0 saturated carbocycles. The molecule has 3 aromatic carbocycles. The zero-order valence-corrected chi connectivity index (χ0v) is 17.5. The molecule has 0 amide bonds. The number of hydrogen-bond acceptors (Lipinski definition) is 4. The molecule has 0 bridgehead atoms. The van der Waals surface area contributed by atoms with Gasteiger partial charge in [-0.15, -0.1) is 0 Å². The molecule has 0 spiro atoms.